The summed E-state index contributed by atoms with van der Waals surface area (Å²) in [6, 6.07) is 9.51. The number of nitrogens with zero attached hydrogens (tertiary/aromatic N) is 4. The van der Waals surface area contributed by atoms with Crippen LogP contribution in [0.25, 0.3) is 10.7 Å². The van der Waals surface area contributed by atoms with Gasteiger partial charge in [0.2, 0.25) is 11.0 Å². The predicted molar refractivity (Wildman–Crippen MR) is 81.3 cm³/mol. The van der Waals surface area contributed by atoms with Crippen LogP contribution in [0.3, 0.4) is 0 Å². The van der Waals surface area contributed by atoms with Gasteiger partial charge in [0.05, 0.1) is 7.11 Å². The summed E-state index contributed by atoms with van der Waals surface area (Å²) in [5, 5.41) is 13.0. The first-order valence-corrected chi connectivity index (χ1v) is 7.14. The van der Waals surface area contributed by atoms with Gasteiger partial charge in [0, 0.05) is 25.0 Å². The van der Waals surface area contributed by atoms with E-state index in [2.05, 4.69) is 25.5 Å². The number of nitrogens with one attached hydrogen (secondary N) is 1. The summed E-state index contributed by atoms with van der Waals surface area (Å²) < 4.78 is 5.03. The van der Waals surface area contributed by atoms with Crippen molar-refractivity contribution in [2.45, 2.75) is 6.54 Å². The minimum Gasteiger partial charge on any atom is -0.481 e. The van der Waals surface area contributed by atoms with E-state index < -0.39 is 0 Å². The third kappa shape index (κ3) is 3.32. The Labute approximate surface area is 125 Å². The van der Waals surface area contributed by atoms with Gasteiger partial charge < -0.3 is 10.1 Å². The van der Waals surface area contributed by atoms with Gasteiger partial charge in [-0.15, -0.1) is 10.2 Å². The zero-order valence-electron chi connectivity index (χ0n) is 11.4. The molecule has 6 nitrogen and oxygen atoms in total. The summed E-state index contributed by atoms with van der Waals surface area (Å²) in [7, 11) is 1.60. The van der Waals surface area contributed by atoms with Gasteiger partial charge >= 0.3 is 0 Å². The average Bonchev–Trinajstić information content (AvgIpc) is 3.03. The highest BCUT2D eigenvalue weighted by Gasteiger charge is 2.07. The van der Waals surface area contributed by atoms with Crippen molar-refractivity contribution in [3.8, 4) is 16.6 Å². The minimum atomic E-state index is 0.604. The summed E-state index contributed by atoms with van der Waals surface area (Å²) in [4.78, 5) is 8.41. The van der Waals surface area contributed by atoms with E-state index in [0.29, 0.717) is 12.4 Å². The lowest BCUT2D eigenvalue weighted by atomic mass is 10.3. The molecule has 0 bridgehead atoms. The third-order valence-corrected chi connectivity index (χ3v) is 3.66. The average molecular weight is 299 g/mol. The molecule has 3 heterocycles. The molecular formula is C14H13N5OS. The maximum atomic E-state index is 5.03. The lowest BCUT2D eigenvalue weighted by Gasteiger charge is -2.03. The molecule has 7 heteroatoms. The zero-order chi connectivity index (χ0) is 14.5. The van der Waals surface area contributed by atoms with Crippen LogP contribution < -0.4 is 10.1 Å². The summed E-state index contributed by atoms with van der Waals surface area (Å²) in [5.74, 6) is 0.604. The number of rotatable bonds is 5. The Bertz CT molecular complexity index is 699. The number of hydrogen-bond acceptors (Lipinski definition) is 7. The second kappa shape index (κ2) is 6.27. The molecule has 0 aliphatic rings. The van der Waals surface area contributed by atoms with Gasteiger partial charge in [0.1, 0.15) is 5.69 Å². The Balaban J connectivity index is 1.64. The molecule has 0 aliphatic carbocycles. The third-order valence-electron chi connectivity index (χ3n) is 2.76. The molecule has 0 aliphatic heterocycles. The van der Waals surface area contributed by atoms with E-state index in [4.69, 9.17) is 4.74 Å². The monoisotopic (exact) mass is 299 g/mol. The zero-order valence-corrected chi connectivity index (χ0v) is 12.2. The van der Waals surface area contributed by atoms with Crippen LogP contribution in [0, 0.1) is 0 Å². The molecule has 3 aromatic heterocycles. The van der Waals surface area contributed by atoms with Gasteiger partial charge in [-0.3, -0.25) is 4.98 Å². The molecule has 3 aromatic rings. The van der Waals surface area contributed by atoms with E-state index >= 15 is 0 Å². The van der Waals surface area contributed by atoms with Crippen LogP contribution >= 0.6 is 11.3 Å². The standard InChI is InChI=1S/C14H13N5OS/c1-20-12-6-5-10(8-16-12)9-17-14-19-18-13(21-14)11-4-2-3-7-15-11/h2-8H,9H2,1H3,(H,17,19). The molecule has 0 saturated carbocycles. The number of anilines is 1. The van der Waals surface area contributed by atoms with Gasteiger partial charge in [0.15, 0.2) is 5.01 Å². The van der Waals surface area contributed by atoms with Gasteiger partial charge in [-0.05, 0) is 17.7 Å². The van der Waals surface area contributed by atoms with Gasteiger partial charge in [-0.25, -0.2) is 4.98 Å². The van der Waals surface area contributed by atoms with Crippen LogP contribution in [0.15, 0.2) is 42.7 Å². The van der Waals surface area contributed by atoms with Crippen LogP contribution in [0.2, 0.25) is 0 Å². The molecule has 0 atom stereocenters. The van der Waals surface area contributed by atoms with Crippen molar-refractivity contribution in [2.75, 3.05) is 12.4 Å². The van der Waals surface area contributed by atoms with Crippen molar-refractivity contribution < 1.29 is 4.74 Å². The lowest BCUT2D eigenvalue weighted by Crippen LogP contribution is -1.99. The Morgan fingerprint density at radius 3 is 2.81 bits per heavy atom. The fourth-order valence-electron chi connectivity index (χ4n) is 1.70. The number of methoxy groups -OCH3 is 1. The second-order valence-electron chi connectivity index (χ2n) is 4.19. The topological polar surface area (TPSA) is 72.8 Å². The van der Waals surface area contributed by atoms with Crippen LogP contribution in [0.4, 0.5) is 5.13 Å². The van der Waals surface area contributed by atoms with Crippen molar-refractivity contribution >= 4 is 16.5 Å². The second-order valence-corrected chi connectivity index (χ2v) is 5.17. The molecule has 0 amide bonds. The quantitative estimate of drug-likeness (QED) is 0.780. The Hall–Kier alpha value is -2.54. The van der Waals surface area contributed by atoms with Crippen LogP contribution in [-0.2, 0) is 6.54 Å². The molecule has 3 rings (SSSR count). The van der Waals surface area contributed by atoms with Crippen molar-refractivity contribution in [1.82, 2.24) is 20.2 Å². The first kappa shape index (κ1) is 13.4. The van der Waals surface area contributed by atoms with Gasteiger partial charge in [0.25, 0.3) is 0 Å². The van der Waals surface area contributed by atoms with E-state index in [-0.39, 0.29) is 0 Å². The van der Waals surface area contributed by atoms with Crippen LogP contribution in [0.5, 0.6) is 5.88 Å². The number of ether oxygens (including phenoxy) is 1. The Kier molecular flexibility index (Phi) is 4.02. The van der Waals surface area contributed by atoms with E-state index in [1.54, 1.807) is 19.5 Å². The van der Waals surface area contributed by atoms with E-state index in [1.165, 1.54) is 11.3 Å². The van der Waals surface area contributed by atoms with Crippen LogP contribution in [0.1, 0.15) is 5.56 Å². The number of aromatic nitrogens is 4. The highest BCUT2D eigenvalue weighted by Crippen LogP contribution is 2.24. The summed E-state index contributed by atoms with van der Waals surface area (Å²) in [6.07, 6.45) is 3.51. The highest BCUT2D eigenvalue weighted by molar-refractivity contribution is 7.18. The van der Waals surface area contributed by atoms with E-state index in [1.807, 2.05) is 30.3 Å². The van der Waals surface area contributed by atoms with E-state index in [0.717, 1.165) is 21.4 Å². The van der Waals surface area contributed by atoms with Crippen molar-refractivity contribution in [3.05, 3.63) is 48.3 Å². The summed E-state index contributed by atoms with van der Waals surface area (Å²) >= 11 is 1.47. The molecule has 0 aromatic carbocycles. The smallest absolute Gasteiger partial charge is 0.212 e. The van der Waals surface area contributed by atoms with Crippen molar-refractivity contribution in [3.63, 3.8) is 0 Å². The Morgan fingerprint density at radius 2 is 2.10 bits per heavy atom. The fraction of sp³-hybridized carbons (Fsp3) is 0.143. The first-order chi connectivity index (χ1) is 10.3. The molecule has 1 N–H and O–H groups in total. The maximum absolute atomic E-state index is 5.03. The van der Waals surface area contributed by atoms with Crippen molar-refractivity contribution in [2.24, 2.45) is 0 Å². The van der Waals surface area contributed by atoms with Crippen molar-refractivity contribution in [1.29, 1.82) is 0 Å². The van der Waals surface area contributed by atoms with Crippen LogP contribution in [-0.4, -0.2) is 27.3 Å². The molecule has 21 heavy (non-hydrogen) atoms. The SMILES string of the molecule is COc1ccc(CNc2nnc(-c3ccccn3)s2)cn1. The summed E-state index contributed by atoms with van der Waals surface area (Å²) in [5.41, 5.74) is 1.87. The van der Waals surface area contributed by atoms with Gasteiger partial charge in [-0.2, -0.15) is 0 Å². The number of pyridine rings is 2. The molecule has 0 spiro atoms. The molecular weight excluding hydrogens is 286 g/mol. The largest absolute Gasteiger partial charge is 0.481 e. The normalized spacial score (nSPS) is 10.3. The maximum Gasteiger partial charge on any atom is 0.212 e. The fourth-order valence-corrected chi connectivity index (χ4v) is 2.42. The molecule has 0 radical (unpaired) electrons. The first-order valence-electron chi connectivity index (χ1n) is 6.33. The minimum absolute atomic E-state index is 0.604. The molecule has 0 fully saturated rings. The molecule has 0 unspecified atom stereocenters. The predicted octanol–water partition coefficient (Wildman–Crippen LogP) is 2.62. The highest BCUT2D eigenvalue weighted by atomic mass is 32.1. The molecule has 106 valence electrons. The molecule has 0 saturated heterocycles. The van der Waals surface area contributed by atoms with E-state index in [9.17, 15) is 0 Å². The summed E-state index contributed by atoms with van der Waals surface area (Å²) in [6.45, 7) is 0.633. The van der Waals surface area contributed by atoms with Gasteiger partial charge in [-0.1, -0.05) is 23.5 Å². The number of hydrogen-bond donors (Lipinski definition) is 1. The lowest BCUT2D eigenvalue weighted by molar-refractivity contribution is 0.397. The Morgan fingerprint density at radius 1 is 1.14 bits per heavy atom.